The lowest BCUT2D eigenvalue weighted by Crippen LogP contribution is -1.84. The van der Waals surface area contributed by atoms with Gasteiger partial charge < -0.3 is 18.9 Å². The molecule has 0 N–H and O–H groups in total. The summed E-state index contributed by atoms with van der Waals surface area (Å²) >= 11 is 2.95. The van der Waals surface area contributed by atoms with Crippen LogP contribution in [0.5, 0.6) is 0 Å². The lowest BCUT2D eigenvalue weighted by molar-refractivity contribution is 0.531. The second kappa shape index (κ2) is 20.5. The van der Waals surface area contributed by atoms with Crippen LogP contribution >= 0.6 is 18.9 Å². The molecule has 0 bridgehead atoms. The molecule has 0 aromatic rings. The zero-order valence-electron chi connectivity index (χ0n) is 14.1. The summed E-state index contributed by atoms with van der Waals surface area (Å²) < 4.78 is 1.57. The first-order valence-electron chi connectivity index (χ1n) is 9.47. The molecule has 0 aromatic heterocycles. The van der Waals surface area contributed by atoms with Gasteiger partial charge in [0.1, 0.15) is 0 Å². The molecule has 0 radical (unpaired) electrons. The van der Waals surface area contributed by atoms with E-state index in [1.165, 1.54) is 103 Å². The SMILES string of the molecule is CCCCCCCCCCCCCCCCC[CH2][Mg][I]. The van der Waals surface area contributed by atoms with Gasteiger partial charge in [-0.05, 0) is 0 Å². The third-order valence-electron chi connectivity index (χ3n) is 4.24. The molecule has 0 nitrogen and oxygen atoms in total. The third-order valence-corrected chi connectivity index (χ3v) is 7.29. The van der Waals surface area contributed by atoms with Gasteiger partial charge in [0.05, 0.1) is 0 Å². The minimum absolute atomic E-state index is 0.319. The van der Waals surface area contributed by atoms with E-state index in [0.717, 1.165) is 0 Å². The summed E-state index contributed by atoms with van der Waals surface area (Å²) in [7, 11) is 0. The van der Waals surface area contributed by atoms with Crippen molar-refractivity contribution in [2.75, 3.05) is 0 Å². The molecule has 118 valence electrons. The van der Waals surface area contributed by atoms with Crippen molar-refractivity contribution in [2.24, 2.45) is 0 Å². The van der Waals surface area contributed by atoms with Gasteiger partial charge in [0.2, 0.25) is 0 Å². The maximum absolute atomic E-state index is 2.63. The van der Waals surface area contributed by atoms with Gasteiger partial charge in [-0.1, -0.05) is 110 Å². The van der Waals surface area contributed by atoms with Crippen LogP contribution in [0.1, 0.15) is 110 Å². The fourth-order valence-corrected chi connectivity index (χ4v) is 4.98. The zero-order chi connectivity index (χ0) is 14.7. The number of unbranched alkanes of at least 4 members (excludes halogenated alkanes) is 15. The van der Waals surface area contributed by atoms with Crippen LogP contribution in [-0.4, -0.2) is 16.5 Å². The highest BCUT2D eigenvalue weighted by Gasteiger charge is 1.95. The summed E-state index contributed by atoms with van der Waals surface area (Å²) in [6, 6.07) is 0. The monoisotopic (exact) mass is 404 g/mol. The Bertz CT molecular complexity index is 143. The van der Waals surface area contributed by atoms with E-state index in [-0.39, 0.29) is 0 Å². The average molecular weight is 405 g/mol. The van der Waals surface area contributed by atoms with Crippen molar-refractivity contribution in [3.8, 4) is 0 Å². The molecular weight excluding hydrogens is 367 g/mol. The van der Waals surface area contributed by atoms with Crippen LogP contribution in [0.25, 0.3) is 0 Å². The molecule has 0 aliphatic carbocycles. The average Bonchev–Trinajstić information content (AvgIpc) is 2.47. The molecule has 0 spiro atoms. The Kier molecular flexibility index (Phi) is 22.0. The highest BCUT2D eigenvalue weighted by molar-refractivity contribution is 14.1. The molecule has 0 heterocycles. The third kappa shape index (κ3) is 19.5. The second-order valence-corrected chi connectivity index (χ2v) is 10.7. The van der Waals surface area contributed by atoms with Gasteiger partial charge in [0, 0.05) is 0 Å². The summed E-state index contributed by atoms with van der Waals surface area (Å²) in [5, 5.41) is 0. The summed E-state index contributed by atoms with van der Waals surface area (Å²) in [4.78, 5) is 0. The molecular formula is C18H37IMg. The lowest BCUT2D eigenvalue weighted by Gasteiger charge is -2.03. The molecule has 0 saturated carbocycles. The summed E-state index contributed by atoms with van der Waals surface area (Å²) in [6.45, 7) is 2.30. The largest absolute Gasteiger partial charge is 0.463 e. The van der Waals surface area contributed by atoms with Crippen LogP contribution < -0.4 is 0 Å². The molecule has 0 aliphatic heterocycles. The minimum atomic E-state index is 0.319. The highest BCUT2D eigenvalue weighted by atomic mass is 127. The van der Waals surface area contributed by atoms with Crippen molar-refractivity contribution in [1.29, 1.82) is 0 Å². The molecule has 2 heteroatoms. The molecule has 0 aliphatic rings. The zero-order valence-corrected chi connectivity index (χ0v) is 17.7. The van der Waals surface area contributed by atoms with Gasteiger partial charge in [-0.15, -0.1) is 4.55 Å². The Balaban J connectivity index is 2.89. The van der Waals surface area contributed by atoms with Crippen LogP contribution in [0.15, 0.2) is 0 Å². The van der Waals surface area contributed by atoms with E-state index in [2.05, 4.69) is 25.8 Å². The Morgan fingerprint density at radius 2 is 0.800 bits per heavy atom. The fourth-order valence-electron chi connectivity index (χ4n) is 2.82. The molecule has 0 saturated heterocycles. The number of halogens is 1. The van der Waals surface area contributed by atoms with E-state index in [9.17, 15) is 0 Å². The van der Waals surface area contributed by atoms with Gasteiger partial charge >= 0.3 is 16.5 Å². The van der Waals surface area contributed by atoms with Crippen molar-refractivity contribution in [2.45, 2.75) is 114 Å². The van der Waals surface area contributed by atoms with E-state index in [0.29, 0.717) is 16.5 Å². The van der Waals surface area contributed by atoms with Crippen LogP contribution in [0.3, 0.4) is 0 Å². The summed E-state index contributed by atoms with van der Waals surface area (Å²) in [6.07, 6.45) is 23.8. The summed E-state index contributed by atoms with van der Waals surface area (Å²) in [5.41, 5.74) is 0. The predicted octanol–water partition coefficient (Wildman–Crippen LogP) is 7.72. The van der Waals surface area contributed by atoms with Crippen molar-refractivity contribution in [3.63, 3.8) is 0 Å². The Labute approximate surface area is 148 Å². The van der Waals surface area contributed by atoms with Crippen LogP contribution in [0, 0.1) is 0 Å². The van der Waals surface area contributed by atoms with E-state index in [4.69, 9.17) is 0 Å². The topological polar surface area (TPSA) is 0 Å². The number of hydrogen-bond acceptors (Lipinski definition) is 0. The first kappa shape index (κ1) is 21.5. The Hall–Kier alpha value is 1.50. The molecule has 20 heavy (non-hydrogen) atoms. The van der Waals surface area contributed by atoms with Gasteiger partial charge in [0.15, 0.2) is 0 Å². The van der Waals surface area contributed by atoms with Gasteiger partial charge in [-0.25, -0.2) is 0 Å². The lowest BCUT2D eigenvalue weighted by atomic mass is 10.0. The highest BCUT2D eigenvalue weighted by Crippen LogP contribution is 2.14. The van der Waals surface area contributed by atoms with E-state index in [1.807, 2.05) is 0 Å². The fraction of sp³-hybridized carbons (Fsp3) is 1.00. The Morgan fingerprint density at radius 1 is 0.500 bits per heavy atom. The number of rotatable bonds is 17. The molecule has 0 aromatic carbocycles. The maximum Gasteiger partial charge on any atom is 0.463 e. The first-order chi connectivity index (χ1) is 9.91. The van der Waals surface area contributed by atoms with Gasteiger partial charge in [0.25, 0.3) is 0 Å². The normalized spacial score (nSPS) is 10.7. The van der Waals surface area contributed by atoms with Crippen molar-refractivity contribution < 1.29 is 0 Å². The quantitative estimate of drug-likeness (QED) is 0.132. The van der Waals surface area contributed by atoms with E-state index in [1.54, 1.807) is 4.55 Å². The van der Waals surface area contributed by atoms with Crippen LogP contribution in [-0.2, 0) is 0 Å². The van der Waals surface area contributed by atoms with Crippen LogP contribution in [0.2, 0.25) is 4.55 Å². The minimum Gasteiger partial charge on any atom is -0.301 e. The molecule has 0 amide bonds. The smallest absolute Gasteiger partial charge is 0.301 e. The van der Waals surface area contributed by atoms with Crippen molar-refractivity contribution in [3.05, 3.63) is 0 Å². The maximum atomic E-state index is 2.63. The van der Waals surface area contributed by atoms with Crippen molar-refractivity contribution in [1.82, 2.24) is 0 Å². The van der Waals surface area contributed by atoms with E-state index < -0.39 is 0 Å². The second-order valence-electron chi connectivity index (χ2n) is 6.35. The van der Waals surface area contributed by atoms with Crippen LogP contribution in [0.4, 0.5) is 0 Å². The predicted molar refractivity (Wildman–Crippen MR) is 104 cm³/mol. The molecule has 0 rings (SSSR count). The number of hydrogen-bond donors (Lipinski definition) is 0. The Morgan fingerprint density at radius 3 is 1.10 bits per heavy atom. The van der Waals surface area contributed by atoms with E-state index >= 15 is 0 Å². The molecule has 0 unspecified atom stereocenters. The summed E-state index contributed by atoms with van der Waals surface area (Å²) in [5.74, 6) is 0. The molecule has 0 atom stereocenters. The van der Waals surface area contributed by atoms with Gasteiger partial charge in [-0.2, -0.15) is 0 Å². The molecule has 0 fully saturated rings. The first-order valence-corrected chi connectivity index (χ1v) is 15.6. The standard InChI is InChI=1S/C18H37.HI.Mg/c1-3-5-7-9-11-13-15-17-18-16-14-12-10-8-6-4-2;;/h1,3-18H2,2H3;1H;/q;;+1/p-1. The van der Waals surface area contributed by atoms with Crippen molar-refractivity contribution >= 4 is 35.3 Å². The van der Waals surface area contributed by atoms with Gasteiger partial charge in [-0.3, -0.25) is 0 Å².